The number of benzene rings is 1. The average Bonchev–Trinajstić information content (AvgIpc) is 3.19. The van der Waals surface area contributed by atoms with Crippen LogP contribution in [-0.2, 0) is 0 Å². The maximum Gasteiger partial charge on any atom is 0.228 e. The molecule has 3 aromatic rings. The normalized spacial score (nSPS) is 17.5. The molecular weight excluding hydrogens is 321 g/mol. The van der Waals surface area contributed by atoms with E-state index >= 15 is 0 Å². The van der Waals surface area contributed by atoms with E-state index < -0.39 is 0 Å². The third-order valence-corrected chi connectivity index (χ3v) is 4.26. The van der Waals surface area contributed by atoms with Crippen molar-refractivity contribution < 1.29 is 9.13 Å². The Morgan fingerprint density at radius 3 is 2.80 bits per heavy atom. The average molecular weight is 339 g/mol. The molecule has 0 aliphatic carbocycles. The van der Waals surface area contributed by atoms with Crippen molar-refractivity contribution in [1.29, 1.82) is 0 Å². The molecule has 0 radical (unpaired) electrons. The molecule has 1 N–H and O–H groups in total. The molecule has 3 heterocycles. The number of aromatic nitrogens is 4. The van der Waals surface area contributed by atoms with Crippen molar-refractivity contribution in [1.82, 2.24) is 19.9 Å². The number of H-pyrrole nitrogens is 1. The van der Waals surface area contributed by atoms with Crippen LogP contribution in [0.1, 0.15) is 24.6 Å². The predicted molar refractivity (Wildman–Crippen MR) is 91.3 cm³/mol. The van der Waals surface area contributed by atoms with Crippen molar-refractivity contribution in [3.63, 3.8) is 0 Å². The largest absolute Gasteiger partial charge is 0.439 e. The second kappa shape index (κ2) is 6.88. The van der Waals surface area contributed by atoms with Crippen molar-refractivity contribution in [2.24, 2.45) is 0 Å². The number of aromatic amines is 1. The number of imidazole rings is 1. The lowest BCUT2D eigenvalue weighted by Gasteiger charge is -2.31. The molecule has 0 bridgehead atoms. The van der Waals surface area contributed by atoms with E-state index in [4.69, 9.17) is 4.74 Å². The Balaban J connectivity index is 1.49. The van der Waals surface area contributed by atoms with Gasteiger partial charge in [-0.05, 0) is 37.1 Å². The Morgan fingerprint density at radius 1 is 1.12 bits per heavy atom. The van der Waals surface area contributed by atoms with Gasteiger partial charge in [0.25, 0.3) is 0 Å². The lowest BCUT2D eigenvalue weighted by atomic mass is 9.98. The van der Waals surface area contributed by atoms with E-state index in [2.05, 4.69) is 24.8 Å². The summed E-state index contributed by atoms with van der Waals surface area (Å²) in [6, 6.07) is 7.56. The smallest absolute Gasteiger partial charge is 0.228 e. The van der Waals surface area contributed by atoms with E-state index in [0.717, 1.165) is 31.8 Å². The summed E-state index contributed by atoms with van der Waals surface area (Å²) in [5.41, 5.74) is 0. The fraction of sp³-hybridized carbons (Fsp3) is 0.278. The lowest BCUT2D eigenvalue weighted by Crippen LogP contribution is -2.35. The van der Waals surface area contributed by atoms with Gasteiger partial charge in [-0.1, -0.05) is 0 Å². The number of rotatable bonds is 4. The molecule has 1 aliphatic rings. The van der Waals surface area contributed by atoms with Crippen LogP contribution in [0.2, 0.25) is 0 Å². The molecule has 0 unspecified atom stereocenters. The number of anilines is 1. The molecule has 6 nitrogen and oxygen atoms in total. The summed E-state index contributed by atoms with van der Waals surface area (Å²) in [4.78, 5) is 18.6. The zero-order valence-electron chi connectivity index (χ0n) is 13.6. The molecule has 1 aliphatic heterocycles. The number of halogens is 1. The Kier molecular flexibility index (Phi) is 4.28. The van der Waals surface area contributed by atoms with Gasteiger partial charge in [-0.3, -0.25) is 0 Å². The number of piperidine rings is 1. The minimum absolute atomic E-state index is 0.298. The van der Waals surface area contributed by atoms with Crippen LogP contribution in [0.15, 0.2) is 48.9 Å². The van der Waals surface area contributed by atoms with Crippen LogP contribution in [0.5, 0.6) is 11.6 Å². The van der Waals surface area contributed by atoms with Gasteiger partial charge in [-0.15, -0.1) is 0 Å². The molecule has 0 saturated carbocycles. The van der Waals surface area contributed by atoms with Crippen LogP contribution in [0, 0.1) is 5.82 Å². The maximum atomic E-state index is 13.0. The first-order chi connectivity index (χ1) is 12.3. The highest BCUT2D eigenvalue weighted by Crippen LogP contribution is 2.28. The minimum atomic E-state index is -0.298. The van der Waals surface area contributed by atoms with Crippen molar-refractivity contribution in [3.05, 3.63) is 60.6 Å². The van der Waals surface area contributed by atoms with Gasteiger partial charge < -0.3 is 14.6 Å². The van der Waals surface area contributed by atoms with E-state index in [1.165, 1.54) is 12.1 Å². The van der Waals surface area contributed by atoms with Gasteiger partial charge in [0.15, 0.2) is 0 Å². The predicted octanol–water partition coefficient (Wildman–Crippen LogP) is 3.52. The zero-order valence-corrected chi connectivity index (χ0v) is 13.6. The zero-order chi connectivity index (χ0) is 17.1. The summed E-state index contributed by atoms with van der Waals surface area (Å²) in [6.45, 7) is 1.71. The summed E-state index contributed by atoms with van der Waals surface area (Å²) in [5.74, 6) is 2.66. The van der Waals surface area contributed by atoms with E-state index in [0.29, 0.717) is 23.5 Å². The van der Waals surface area contributed by atoms with Crippen molar-refractivity contribution in [3.8, 4) is 11.6 Å². The second-order valence-electron chi connectivity index (χ2n) is 6.01. The van der Waals surface area contributed by atoms with E-state index in [1.54, 1.807) is 30.6 Å². The number of nitrogens with one attached hydrogen (secondary N) is 1. The molecule has 1 fully saturated rings. The van der Waals surface area contributed by atoms with Gasteiger partial charge in [-0.25, -0.2) is 14.4 Å². The SMILES string of the molecule is Fc1ccc(Oc2ccnc(N3CCC[C@@H](c4ncc[nH]4)C3)n2)cc1. The fourth-order valence-electron chi connectivity index (χ4n) is 3.05. The third kappa shape index (κ3) is 3.60. The van der Waals surface area contributed by atoms with Crippen molar-refractivity contribution in [2.75, 3.05) is 18.0 Å². The highest BCUT2D eigenvalue weighted by atomic mass is 19.1. The molecule has 1 saturated heterocycles. The lowest BCUT2D eigenvalue weighted by molar-refractivity contribution is 0.453. The highest BCUT2D eigenvalue weighted by Gasteiger charge is 2.24. The standard InChI is InChI=1S/C18H18FN5O/c19-14-3-5-15(6-4-14)25-16-7-8-22-18(23-16)24-11-1-2-13(12-24)17-20-9-10-21-17/h3-10,13H,1-2,11-12H2,(H,20,21)/t13-/m1/s1. The second-order valence-corrected chi connectivity index (χ2v) is 6.01. The van der Waals surface area contributed by atoms with Crippen LogP contribution in [0.4, 0.5) is 10.3 Å². The molecule has 25 heavy (non-hydrogen) atoms. The Hall–Kier alpha value is -2.96. The molecular formula is C18H18FN5O. The molecule has 0 amide bonds. The monoisotopic (exact) mass is 339 g/mol. The van der Waals surface area contributed by atoms with Gasteiger partial charge in [0.05, 0.1) is 0 Å². The summed E-state index contributed by atoms with van der Waals surface area (Å²) in [7, 11) is 0. The first-order valence-corrected chi connectivity index (χ1v) is 8.28. The van der Waals surface area contributed by atoms with Gasteiger partial charge in [0, 0.05) is 43.7 Å². The molecule has 2 aromatic heterocycles. The van der Waals surface area contributed by atoms with Gasteiger partial charge in [0.1, 0.15) is 17.4 Å². The third-order valence-electron chi connectivity index (χ3n) is 4.26. The number of nitrogens with zero attached hydrogens (tertiary/aromatic N) is 4. The molecule has 4 rings (SSSR count). The van der Waals surface area contributed by atoms with Crippen LogP contribution in [0.25, 0.3) is 0 Å². The summed E-state index contributed by atoms with van der Waals surface area (Å²) in [5, 5.41) is 0. The van der Waals surface area contributed by atoms with Gasteiger partial charge in [0.2, 0.25) is 11.8 Å². The van der Waals surface area contributed by atoms with Crippen LogP contribution >= 0.6 is 0 Å². The van der Waals surface area contributed by atoms with Gasteiger partial charge >= 0.3 is 0 Å². The quantitative estimate of drug-likeness (QED) is 0.788. The Labute approximate surface area is 144 Å². The van der Waals surface area contributed by atoms with Gasteiger partial charge in [-0.2, -0.15) is 4.98 Å². The van der Waals surface area contributed by atoms with Crippen LogP contribution in [-0.4, -0.2) is 33.0 Å². The summed E-state index contributed by atoms with van der Waals surface area (Å²) in [6.07, 6.45) is 7.45. The number of hydrogen-bond acceptors (Lipinski definition) is 5. The number of hydrogen-bond donors (Lipinski definition) is 1. The van der Waals surface area contributed by atoms with E-state index in [9.17, 15) is 4.39 Å². The van der Waals surface area contributed by atoms with E-state index in [-0.39, 0.29) is 5.82 Å². The number of ether oxygens (including phenoxy) is 1. The van der Waals surface area contributed by atoms with E-state index in [1.807, 2.05) is 6.20 Å². The van der Waals surface area contributed by atoms with Crippen LogP contribution in [0.3, 0.4) is 0 Å². The fourth-order valence-corrected chi connectivity index (χ4v) is 3.05. The topological polar surface area (TPSA) is 66.9 Å². The molecule has 128 valence electrons. The maximum absolute atomic E-state index is 13.0. The Bertz CT molecular complexity index is 822. The molecule has 1 atom stereocenters. The first-order valence-electron chi connectivity index (χ1n) is 8.28. The molecule has 0 spiro atoms. The van der Waals surface area contributed by atoms with Crippen LogP contribution < -0.4 is 9.64 Å². The Morgan fingerprint density at radius 2 is 2.00 bits per heavy atom. The van der Waals surface area contributed by atoms with Crippen molar-refractivity contribution >= 4 is 5.95 Å². The minimum Gasteiger partial charge on any atom is -0.439 e. The summed E-state index contributed by atoms with van der Waals surface area (Å²) < 4.78 is 18.7. The molecule has 7 heteroatoms. The van der Waals surface area contributed by atoms with Crippen molar-refractivity contribution in [2.45, 2.75) is 18.8 Å². The summed E-state index contributed by atoms with van der Waals surface area (Å²) >= 11 is 0. The highest BCUT2D eigenvalue weighted by molar-refractivity contribution is 5.35. The molecule has 1 aromatic carbocycles. The first kappa shape index (κ1) is 15.6.